The van der Waals surface area contributed by atoms with E-state index in [1.807, 2.05) is 25.1 Å². The minimum absolute atomic E-state index is 0.0225. The van der Waals surface area contributed by atoms with Crippen molar-refractivity contribution in [1.82, 2.24) is 5.32 Å². The van der Waals surface area contributed by atoms with Crippen molar-refractivity contribution in [2.24, 2.45) is 0 Å². The summed E-state index contributed by atoms with van der Waals surface area (Å²) in [6, 6.07) is 8.07. The number of benzene rings is 1. The first-order valence-corrected chi connectivity index (χ1v) is 8.17. The van der Waals surface area contributed by atoms with Gasteiger partial charge in [-0.15, -0.1) is 0 Å². The summed E-state index contributed by atoms with van der Waals surface area (Å²) in [7, 11) is 0. The molecule has 1 fully saturated rings. The third-order valence-corrected chi connectivity index (χ3v) is 4.19. The Balaban J connectivity index is 1.79. The van der Waals surface area contributed by atoms with Crippen LogP contribution in [-0.2, 0) is 14.3 Å². The fraction of sp³-hybridized carbons (Fsp3) is 0.611. The molecule has 1 aromatic carbocycles. The number of carbonyl (C=O) groups is 1. The number of amides is 1. The molecule has 1 aromatic rings. The van der Waals surface area contributed by atoms with E-state index < -0.39 is 6.10 Å². The molecule has 0 aliphatic carbocycles. The van der Waals surface area contributed by atoms with Gasteiger partial charge in [0.25, 0.3) is 0 Å². The summed E-state index contributed by atoms with van der Waals surface area (Å²) in [6.45, 7) is 7.14. The maximum atomic E-state index is 12.2. The lowest BCUT2D eigenvalue weighted by atomic mass is 10.0. The molecule has 3 atom stereocenters. The zero-order valence-electron chi connectivity index (χ0n) is 13.8. The topological polar surface area (TPSA) is 47.6 Å². The predicted octanol–water partition coefficient (Wildman–Crippen LogP) is 3.15. The van der Waals surface area contributed by atoms with E-state index in [-0.39, 0.29) is 18.1 Å². The molecular formula is C18H27NO3. The van der Waals surface area contributed by atoms with Crippen molar-refractivity contribution in [2.45, 2.75) is 58.3 Å². The van der Waals surface area contributed by atoms with Gasteiger partial charge in [-0.05, 0) is 51.2 Å². The lowest BCUT2D eigenvalue weighted by Crippen LogP contribution is -2.38. The van der Waals surface area contributed by atoms with Gasteiger partial charge < -0.3 is 14.8 Å². The van der Waals surface area contributed by atoms with Crippen LogP contribution >= 0.6 is 0 Å². The van der Waals surface area contributed by atoms with E-state index in [2.05, 4.69) is 18.3 Å². The normalized spacial score (nSPS) is 21.1. The Bertz CT molecular complexity index is 483. The number of carbonyl (C=O) groups excluding carboxylic acids is 1. The second-order valence-corrected chi connectivity index (χ2v) is 6.05. The van der Waals surface area contributed by atoms with E-state index in [0.717, 1.165) is 25.0 Å². The minimum Gasteiger partial charge on any atom is -0.376 e. The van der Waals surface area contributed by atoms with E-state index in [1.165, 1.54) is 12.0 Å². The molecule has 1 aliphatic heterocycles. The number of hydrogen-bond acceptors (Lipinski definition) is 3. The molecule has 22 heavy (non-hydrogen) atoms. The van der Waals surface area contributed by atoms with Crippen LogP contribution < -0.4 is 5.32 Å². The first kappa shape index (κ1) is 17.0. The Morgan fingerprint density at radius 2 is 2.14 bits per heavy atom. The maximum absolute atomic E-state index is 12.2. The second kappa shape index (κ2) is 8.30. The highest BCUT2D eigenvalue weighted by atomic mass is 16.5. The quantitative estimate of drug-likeness (QED) is 0.878. The van der Waals surface area contributed by atoms with E-state index >= 15 is 0 Å². The summed E-state index contributed by atoms with van der Waals surface area (Å²) >= 11 is 0. The van der Waals surface area contributed by atoms with Crippen LogP contribution in [-0.4, -0.2) is 31.3 Å². The largest absolute Gasteiger partial charge is 0.376 e. The summed E-state index contributed by atoms with van der Waals surface area (Å²) in [5.41, 5.74) is 2.32. The molecule has 1 N–H and O–H groups in total. The maximum Gasteiger partial charge on any atom is 0.249 e. The zero-order chi connectivity index (χ0) is 15.9. The van der Waals surface area contributed by atoms with Gasteiger partial charge >= 0.3 is 0 Å². The van der Waals surface area contributed by atoms with Crippen LogP contribution in [0.2, 0.25) is 0 Å². The molecule has 0 radical (unpaired) electrons. The Morgan fingerprint density at radius 1 is 1.36 bits per heavy atom. The molecule has 4 heteroatoms. The van der Waals surface area contributed by atoms with Gasteiger partial charge in [-0.1, -0.05) is 24.3 Å². The molecule has 4 nitrogen and oxygen atoms in total. The third kappa shape index (κ3) is 4.82. The van der Waals surface area contributed by atoms with Crippen molar-refractivity contribution in [2.75, 3.05) is 13.2 Å². The van der Waals surface area contributed by atoms with Gasteiger partial charge in [-0.2, -0.15) is 0 Å². The molecule has 0 aromatic heterocycles. The van der Waals surface area contributed by atoms with Crippen LogP contribution in [0.15, 0.2) is 24.3 Å². The smallest absolute Gasteiger partial charge is 0.249 e. The van der Waals surface area contributed by atoms with Crippen LogP contribution in [0.1, 0.15) is 50.3 Å². The lowest BCUT2D eigenvalue weighted by molar-refractivity contribution is -0.136. The Kier molecular flexibility index (Phi) is 6.40. The van der Waals surface area contributed by atoms with Gasteiger partial charge in [0.05, 0.1) is 18.8 Å². The fourth-order valence-electron chi connectivity index (χ4n) is 2.75. The average Bonchev–Trinajstić information content (AvgIpc) is 2.53. The van der Waals surface area contributed by atoms with Crippen LogP contribution in [0.5, 0.6) is 0 Å². The zero-order valence-corrected chi connectivity index (χ0v) is 13.8. The van der Waals surface area contributed by atoms with Crippen molar-refractivity contribution < 1.29 is 14.3 Å². The summed E-state index contributed by atoms with van der Waals surface area (Å²) in [4.78, 5) is 12.2. The fourth-order valence-corrected chi connectivity index (χ4v) is 2.75. The molecule has 1 aliphatic rings. The van der Waals surface area contributed by atoms with Crippen LogP contribution in [0.4, 0.5) is 0 Å². The molecule has 1 amide bonds. The molecule has 122 valence electrons. The molecule has 2 rings (SSSR count). The van der Waals surface area contributed by atoms with Gasteiger partial charge in [0, 0.05) is 6.61 Å². The van der Waals surface area contributed by atoms with Crippen molar-refractivity contribution in [1.29, 1.82) is 0 Å². The lowest BCUT2D eigenvalue weighted by Gasteiger charge is -2.24. The second-order valence-electron chi connectivity index (χ2n) is 6.05. The molecule has 1 heterocycles. The molecule has 1 saturated heterocycles. The van der Waals surface area contributed by atoms with Gasteiger partial charge in [0.2, 0.25) is 5.91 Å². The molecule has 0 saturated carbocycles. The summed E-state index contributed by atoms with van der Waals surface area (Å²) in [6.07, 6.45) is 3.00. The van der Waals surface area contributed by atoms with Crippen molar-refractivity contribution in [3.8, 4) is 0 Å². The van der Waals surface area contributed by atoms with Gasteiger partial charge in [-0.3, -0.25) is 4.79 Å². The number of ether oxygens (including phenoxy) is 2. The Labute approximate surface area is 133 Å². The average molecular weight is 305 g/mol. The van der Waals surface area contributed by atoms with Crippen molar-refractivity contribution >= 4 is 5.91 Å². The summed E-state index contributed by atoms with van der Waals surface area (Å²) < 4.78 is 11.3. The predicted molar refractivity (Wildman–Crippen MR) is 86.7 cm³/mol. The number of aryl methyl sites for hydroxylation is 1. The SMILES string of the molecule is Cc1ccccc1C(C)NC(=O)C(C)OCC1CCCCO1. The minimum atomic E-state index is -0.461. The highest BCUT2D eigenvalue weighted by Crippen LogP contribution is 2.17. The van der Waals surface area contributed by atoms with Gasteiger partial charge in [0.15, 0.2) is 0 Å². The molecule has 0 spiro atoms. The number of nitrogens with one attached hydrogen (secondary N) is 1. The van der Waals surface area contributed by atoms with Crippen LogP contribution in [0.3, 0.4) is 0 Å². The number of hydrogen-bond donors (Lipinski definition) is 1. The summed E-state index contributed by atoms with van der Waals surface area (Å²) in [5, 5.41) is 3.02. The van der Waals surface area contributed by atoms with E-state index in [1.54, 1.807) is 6.92 Å². The van der Waals surface area contributed by atoms with Crippen LogP contribution in [0.25, 0.3) is 0 Å². The van der Waals surface area contributed by atoms with Crippen LogP contribution in [0, 0.1) is 6.92 Å². The highest BCUT2D eigenvalue weighted by Gasteiger charge is 2.20. The number of rotatable bonds is 6. The summed E-state index contributed by atoms with van der Waals surface area (Å²) in [5.74, 6) is -0.0773. The Morgan fingerprint density at radius 3 is 2.82 bits per heavy atom. The van der Waals surface area contributed by atoms with E-state index in [4.69, 9.17) is 9.47 Å². The van der Waals surface area contributed by atoms with E-state index in [9.17, 15) is 4.79 Å². The monoisotopic (exact) mass is 305 g/mol. The van der Waals surface area contributed by atoms with Gasteiger partial charge in [-0.25, -0.2) is 0 Å². The molecule has 0 bridgehead atoms. The Hall–Kier alpha value is -1.39. The van der Waals surface area contributed by atoms with Crippen molar-refractivity contribution in [3.05, 3.63) is 35.4 Å². The van der Waals surface area contributed by atoms with E-state index in [0.29, 0.717) is 6.61 Å². The standard InChI is InChI=1S/C18H27NO3/c1-13-8-4-5-10-17(13)14(2)19-18(20)15(3)22-12-16-9-6-7-11-21-16/h4-5,8,10,14-16H,6-7,9,11-12H2,1-3H3,(H,19,20). The van der Waals surface area contributed by atoms with Gasteiger partial charge in [0.1, 0.15) is 6.10 Å². The first-order valence-electron chi connectivity index (χ1n) is 8.17. The third-order valence-electron chi connectivity index (χ3n) is 4.19. The molecule has 3 unspecified atom stereocenters. The first-order chi connectivity index (χ1) is 10.6. The molecular weight excluding hydrogens is 278 g/mol. The highest BCUT2D eigenvalue weighted by molar-refractivity contribution is 5.80. The van der Waals surface area contributed by atoms with Crippen molar-refractivity contribution in [3.63, 3.8) is 0 Å².